The fraction of sp³-hybridized carbons (Fsp3) is 0.267. The molecular weight excluding hydrogens is 532 g/mol. The molecule has 2 aromatic heterocycles. The molecule has 0 bridgehead atoms. The number of thioether (sulfide) groups is 1. The van der Waals surface area contributed by atoms with Crippen molar-refractivity contribution in [2.45, 2.75) is 38.1 Å². The lowest BCUT2D eigenvalue weighted by Gasteiger charge is -2.28. The van der Waals surface area contributed by atoms with Gasteiger partial charge >= 0.3 is 0 Å². The topological polar surface area (TPSA) is 80.1 Å². The average Bonchev–Trinajstić information content (AvgIpc) is 3.27. The van der Waals surface area contributed by atoms with E-state index in [4.69, 9.17) is 5.10 Å². The van der Waals surface area contributed by atoms with E-state index in [1.807, 2.05) is 57.2 Å². The molecule has 5 rings (SSSR count). The fourth-order valence-corrected chi connectivity index (χ4v) is 5.88. The Hall–Kier alpha value is -4.05. The lowest BCUT2D eigenvalue weighted by Crippen LogP contribution is -2.43. The second kappa shape index (κ2) is 11.2. The molecule has 40 heavy (non-hydrogen) atoms. The van der Waals surface area contributed by atoms with E-state index in [9.17, 15) is 14.0 Å². The van der Waals surface area contributed by atoms with Gasteiger partial charge in [-0.2, -0.15) is 5.10 Å². The number of aromatic nitrogens is 3. The second-order valence-electron chi connectivity index (χ2n) is 10.5. The Kier molecular flexibility index (Phi) is 7.71. The van der Waals surface area contributed by atoms with Crippen LogP contribution in [0.3, 0.4) is 0 Å². The normalized spacial score (nSPS) is 15.5. The van der Waals surface area contributed by atoms with Crippen LogP contribution in [0, 0.1) is 11.6 Å². The molecule has 7 nitrogen and oxygen atoms in total. The van der Waals surface area contributed by atoms with Gasteiger partial charge in [0, 0.05) is 41.7 Å². The van der Waals surface area contributed by atoms with Crippen molar-refractivity contribution >= 4 is 29.4 Å². The first-order valence-corrected chi connectivity index (χ1v) is 13.9. The maximum atomic E-state index is 15.3. The minimum atomic E-state index is -0.707. The van der Waals surface area contributed by atoms with Crippen molar-refractivity contribution in [3.8, 4) is 11.3 Å². The van der Waals surface area contributed by atoms with Crippen molar-refractivity contribution in [2.75, 3.05) is 17.2 Å². The lowest BCUT2D eigenvalue weighted by molar-refractivity contribution is -0.123. The van der Waals surface area contributed by atoms with Gasteiger partial charge in [-0.3, -0.25) is 19.5 Å². The third-order valence-electron chi connectivity index (χ3n) is 6.53. The largest absolute Gasteiger partial charge is 0.350 e. The maximum Gasteiger partial charge on any atom is 0.240 e. The highest BCUT2D eigenvalue weighted by molar-refractivity contribution is 8.00. The van der Waals surface area contributed by atoms with Crippen LogP contribution in [0.25, 0.3) is 11.3 Å². The number of amides is 2. The summed E-state index contributed by atoms with van der Waals surface area (Å²) in [4.78, 5) is 32.3. The summed E-state index contributed by atoms with van der Waals surface area (Å²) in [5.41, 5.74) is 2.43. The summed E-state index contributed by atoms with van der Waals surface area (Å²) in [6, 6.07) is 16.5. The van der Waals surface area contributed by atoms with E-state index in [1.165, 1.54) is 28.8 Å². The van der Waals surface area contributed by atoms with Crippen molar-refractivity contribution in [1.29, 1.82) is 0 Å². The van der Waals surface area contributed by atoms with Crippen LogP contribution < -0.4 is 10.2 Å². The summed E-state index contributed by atoms with van der Waals surface area (Å²) < 4.78 is 30.9. The molecule has 1 N–H and O–H groups in total. The molecule has 2 aromatic carbocycles. The van der Waals surface area contributed by atoms with E-state index in [0.717, 1.165) is 17.2 Å². The molecule has 3 heterocycles. The van der Waals surface area contributed by atoms with Gasteiger partial charge in [-0.1, -0.05) is 42.5 Å². The fourth-order valence-electron chi connectivity index (χ4n) is 4.66. The van der Waals surface area contributed by atoms with E-state index < -0.39 is 22.4 Å². The molecule has 0 radical (unpaired) electrons. The summed E-state index contributed by atoms with van der Waals surface area (Å²) in [5.74, 6) is -1.64. The molecule has 2 amide bonds. The highest BCUT2D eigenvalue weighted by Gasteiger charge is 2.40. The molecule has 4 aromatic rings. The van der Waals surface area contributed by atoms with Crippen LogP contribution in [0.5, 0.6) is 0 Å². The molecule has 0 saturated heterocycles. The van der Waals surface area contributed by atoms with E-state index in [2.05, 4.69) is 10.3 Å². The average molecular weight is 562 g/mol. The molecule has 0 fully saturated rings. The van der Waals surface area contributed by atoms with Crippen LogP contribution in [0.2, 0.25) is 0 Å². The van der Waals surface area contributed by atoms with Crippen molar-refractivity contribution in [2.24, 2.45) is 0 Å². The highest BCUT2D eigenvalue weighted by Crippen LogP contribution is 2.49. The Balaban J connectivity index is 1.65. The Labute approximate surface area is 235 Å². The number of anilines is 1. The Morgan fingerprint density at radius 3 is 2.55 bits per heavy atom. The first-order chi connectivity index (χ1) is 19.1. The van der Waals surface area contributed by atoms with Gasteiger partial charge in [0.15, 0.2) is 0 Å². The third kappa shape index (κ3) is 5.62. The number of pyridine rings is 1. The van der Waals surface area contributed by atoms with Gasteiger partial charge < -0.3 is 5.32 Å². The van der Waals surface area contributed by atoms with Crippen LogP contribution in [-0.2, 0) is 21.7 Å². The van der Waals surface area contributed by atoms with Crippen LogP contribution in [0.1, 0.15) is 42.7 Å². The minimum absolute atomic E-state index is 0.00950. The molecule has 1 aliphatic heterocycles. The quantitative estimate of drug-likeness (QED) is 0.338. The predicted octanol–water partition coefficient (Wildman–Crippen LogP) is 5.46. The highest BCUT2D eigenvalue weighted by atomic mass is 32.2. The zero-order valence-corrected chi connectivity index (χ0v) is 23.2. The number of hydrogen-bond donors (Lipinski definition) is 1. The summed E-state index contributed by atoms with van der Waals surface area (Å²) in [5, 5.41) is 7.15. The van der Waals surface area contributed by atoms with Gasteiger partial charge in [0.2, 0.25) is 11.8 Å². The Morgan fingerprint density at radius 2 is 1.88 bits per heavy atom. The second-order valence-corrected chi connectivity index (χ2v) is 11.6. The molecule has 10 heteroatoms. The van der Waals surface area contributed by atoms with Crippen LogP contribution in [-0.4, -0.2) is 38.9 Å². The van der Waals surface area contributed by atoms with E-state index in [1.54, 1.807) is 23.1 Å². The summed E-state index contributed by atoms with van der Waals surface area (Å²) in [6.45, 7) is 5.86. The molecule has 206 valence electrons. The number of carbonyl (C=O) groups excluding carboxylic acids is 2. The predicted molar refractivity (Wildman–Crippen MR) is 152 cm³/mol. The smallest absolute Gasteiger partial charge is 0.240 e. The van der Waals surface area contributed by atoms with Crippen molar-refractivity contribution in [1.82, 2.24) is 20.1 Å². The standard InChI is InChI=1S/C30H29F2N5O2S/c1-30(2,3)37-29-26(27(35-37)20-9-5-4-6-10-20)28(22-12-11-21(31)14-23(22)32)40-18-25(39)36(29)17-24(38)34-16-19-8-7-13-33-15-19/h4-15,28H,16-18H2,1-3H3,(H,34,38)/t28-/m0/s1. The van der Waals surface area contributed by atoms with Crippen molar-refractivity contribution in [3.63, 3.8) is 0 Å². The summed E-state index contributed by atoms with van der Waals surface area (Å²) in [6.07, 6.45) is 3.31. The van der Waals surface area contributed by atoms with E-state index >= 15 is 4.39 Å². The van der Waals surface area contributed by atoms with E-state index in [0.29, 0.717) is 17.1 Å². The number of rotatable bonds is 6. The maximum absolute atomic E-state index is 15.3. The number of hydrogen-bond acceptors (Lipinski definition) is 5. The zero-order valence-electron chi connectivity index (χ0n) is 22.4. The van der Waals surface area contributed by atoms with Crippen LogP contribution >= 0.6 is 11.8 Å². The molecule has 1 aliphatic rings. The molecule has 0 saturated carbocycles. The van der Waals surface area contributed by atoms with Gasteiger partial charge in [-0.05, 0) is 38.5 Å². The molecule has 0 spiro atoms. The van der Waals surface area contributed by atoms with Gasteiger partial charge in [0.05, 0.1) is 22.2 Å². The monoisotopic (exact) mass is 561 g/mol. The van der Waals surface area contributed by atoms with Crippen LogP contribution in [0.15, 0.2) is 73.1 Å². The first-order valence-electron chi connectivity index (χ1n) is 12.8. The van der Waals surface area contributed by atoms with Crippen molar-refractivity contribution < 1.29 is 18.4 Å². The number of nitrogens with zero attached hydrogens (tertiary/aromatic N) is 4. The summed E-state index contributed by atoms with van der Waals surface area (Å²) in [7, 11) is 0. The van der Waals surface area contributed by atoms with Gasteiger partial charge in [-0.15, -0.1) is 11.8 Å². The molecule has 0 unspecified atom stereocenters. The minimum Gasteiger partial charge on any atom is -0.350 e. The lowest BCUT2D eigenvalue weighted by atomic mass is 9.98. The number of fused-ring (bicyclic) bond motifs is 1. The Morgan fingerprint density at radius 1 is 1.10 bits per heavy atom. The SMILES string of the molecule is CC(C)(C)n1nc(-c2ccccc2)c2c1N(CC(=O)NCc1cccnc1)C(=O)CS[C@H]2c1ccc(F)cc1F. The summed E-state index contributed by atoms with van der Waals surface area (Å²) >= 11 is 1.23. The first kappa shape index (κ1) is 27.5. The zero-order chi connectivity index (χ0) is 28.4. The van der Waals surface area contributed by atoms with Crippen LogP contribution in [0.4, 0.5) is 14.6 Å². The Bertz CT molecular complexity index is 1540. The van der Waals surface area contributed by atoms with E-state index in [-0.39, 0.29) is 36.2 Å². The number of benzene rings is 2. The van der Waals surface area contributed by atoms with Gasteiger partial charge in [0.25, 0.3) is 0 Å². The number of carbonyl (C=O) groups is 2. The molecule has 1 atom stereocenters. The molecular formula is C30H29F2N5O2S. The third-order valence-corrected chi connectivity index (χ3v) is 7.77. The number of nitrogens with one attached hydrogen (secondary N) is 1. The van der Waals surface area contributed by atoms with Gasteiger partial charge in [-0.25, -0.2) is 13.5 Å². The van der Waals surface area contributed by atoms with Gasteiger partial charge in [0.1, 0.15) is 24.0 Å². The molecule has 0 aliphatic carbocycles. The number of halogens is 2. The van der Waals surface area contributed by atoms with Crippen molar-refractivity contribution in [3.05, 3.63) is 101 Å².